The molecule has 4 aromatic carbocycles. The van der Waals surface area contributed by atoms with Gasteiger partial charge in [-0.25, -0.2) is 14.8 Å². The van der Waals surface area contributed by atoms with Gasteiger partial charge in [-0.05, 0) is 118 Å². The Balaban J connectivity index is 1.02. The summed E-state index contributed by atoms with van der Waals surface area (Å²) in [7, 11) is 0. The molecule has 2 heterocycles. The van der Waals surface area contributed by atoms with Crippen molar-refractivity contribution >= 4 is 127 Å². The van der Waals surface area contributed by atoms with Crippen LogP contribution >= 0.6 is 63.7 Å². The Hall–Kier alpha value is -4.98. The lowest BCUT2D eigenvalue weighted by molar-refractivity contribution is -0.161. The van der Waals surface area contributed by atoms with Gasteiger partial charge in [0.05, 0.1) is 20.0 Å². The summed E-state index contributed by atoms with van der Waals surface area (Å²) in [5.74, 6) is -3.40. The van der Waals surface area contributed by atoms with Crippen LogP contribution in [0.15, 0.2) is 76.9 Å². The van der Waals surface area contributed by atoms with Crippen LogP contribution in [0, 0.1) is 11.7 Å². The smallest absolute Gasteiger partial charge is 0.336 e. The van der Waals surface area contributed by atoms with Gasteiger partial charge >= 0.3 is 11.9 Å². The SMILES string of the molecule is CCn1c(NC(C)=O)nc2ccc(Cc3c(Br)cc(NC(=O)CC(=O)OC(=O)[C@H](C)NC(=O)c4cc(Br)c(Oc5ccc6nc(CC(C)C)oc6c5F)c(Br)c4)cc3Br)cc21. The molecule has 0 saturated heterocycles. The number of halogens is 5. The van der Waals surface area contributed by atoms with E-state index in [4.69, 9.17) is 13.9 Å². The second-order valence-corrected chi connectivity index (χ2v) is 17.7. The molecule has 3 amide bonds. The number of nitrogens with zero attached hydrogens (tertiary/aromatic N) is 3. The average molecular weight is 1090 g/mol. The van der Waals surface area contributed by atoms with E-state index in [1.807, 2.05) is 43.5 Å². The second-order valence-electron chi connectivity index (χ2n) is 14.3. The molecule has 0 saturated carbocycles. The standard InChI is InChI=1S/C42H37Br4FN6O8/c1-6-53-32-13-22(7-8-30(32)52-42(53)49-21(5)54)12-25-26(43)16-24(17-27(25)44)50-34(55)18-36(56)61-41(58)20(4)48-40(57)23-14-28(45)38(29(46)15-23)59-33-10-9-31-39(37(33)47)60-35(51-31)11-19(2)3/h7-10,13-17,19-20H,6,11-12,18H2,1-5H3,(H,48,57)(H,50,55)(H,49,52,54)/t20-/m0/s1. The summed E-state index contributed by atoms with van der Waals surface area (Å²) >= 11 is 13.9. The van der Waals surface area contributed by atoms with Crippen LogP contribution in [0.25, 0.3) is 22.1 Å². The molecule has 1 atom stereocenters. The summed E-state index contributed by atoms with van der Waals surface area (Å²) in [6.07, 6.45) is 0.276. The first-order valence-corrected chi connectivity index (χ1v) is 21.9. The Labute approximate surface area is 382 Å². The van der Waals surface area contributed by atoms with Crippen LogP contribution in [0.2, 0.25) is 0 Å². The number of esters is 2. The van der Waals surface area contributed by atoms with Crippen molar-refractivity contribution in [3.05, 3.63) is 101 Å². The van der Waals surface area contributed by atoms with Gasteiger partial charge in [-0.2, -0.15) is 4.39 Å². The first kappa shape index (κ1) is 45.5. The number of amides is 3. The molecule has 0 bridgehead atoms. The summed E-state index contributed by atoms with van der Waals surface area (Å²) in [5, 5.41) is 7.86. The molecule has 0 aliphatic rings. The first-order chi connectivity index (χ1) is 28.9. The third-order valence-corrected chi connectivity index (χ3v) is 11.6. The molecule has 14 nitrogen and oxygen atoms in total. The van der Waals surface area contributed by atoms with Crippen LogP contribution in [0.5, 0.6) is 11.5 Å². The number of carbonyl (C=O) groups excluding carboxylic acids is 5. The molecule has 0 aliphatic heterocycles. The van der Waals surface area contributed by atoms with Crippen LogP contribution in [-0.4, -0.2) is 50.2 Å². The molecule has 6 aromatic rings. The van der Waals surface area contributed by atoms with E-state index in [0.717, 1.165) is 22.2 Å². The molecule has 19 heteroatoms. The van der Waals surface area contributed by atoms with Gasteiger partial charge in [0, 0.05) is 40.1 Å². The summed E-state index contributed by atoms with van der Waals surface area (Å²) in [6.45, 7) is 9.32. The number of rotatable bonds is 14. The maximum Gasteiger partial charge on any atom is 0.336 e. The van der Waals surface area contributed by atoms with E-state index in [1.165, 1.54) is 32.0 Å². The van der Waals surface area contributed by atoms with Crippen molar-refractivity contribution in [2.75, 3.05) is 10.6 Å². The molecular formula is C42H37Br4FN6O8. The molecule has 318 valence electrons. The van der Waals surface area contributed by atoms with E-state index < -0.39 is 42.0 Å². The van der Waals surface area contributed by atoms with Crippen molar-refractivity contribution in [2.24, 2.45) is 5.92 Å². The number of imidazole rings is 1. The van der Waals surface area contributed by atoms with Crippen LogP contribution in [0.4, 0.5) is 16.0 Å². The summed E-state index contributed by atoms with van der Waals surface area (Å²) in [6, 6.07) is 13.8. The van der Waals surface area contributed by atoms with Gasteiger partial charge in [-0.1, -0.05) is 51.8 Å². The Morgan fingerprint density at radius 1 is 0.869 bits per heavy atom. The number of benzene rings is 4. The highest BCUT2D eigenvalue weighted by Gasteiger charge is 2.25. The molecule has 0 unspecified atom stereocenters. The molecule has 3 N–H and O–H groups in total. The predicted octanol–water partition coefficient (Wildman–Crippen LogP) is 10.1. The van der Waals surface area contributed by atoms with E-state index >= 15 is 4.39 Å². The first-order valence-electron chi connectivity index (χ1n) is 18.7. The predicted molar refractivity (Wildman–Crippen MR) is 240 cm³/mol. The Morgan fingerprint density at radius 3 is 2.18 bits per heavy atom. The van der Waals surface area contributed by atoms with Gasteiger partial charge in [-0.15, -0.1) is 0 Å². The molecule has 0 fully saturated rings. The lowest BCUT2D eigenvalue weighted by atomic mass is 10.0. The molecule has 2 aromatic heterocycles. The molecule has 0 spiro atoms. The summed E-state index contributed by atoms with van der Waals surface area (Å²) in [5.41, 5.74) is 4.26. The number of fused-ring (bicyclic) bond motifs is 2. The van der Waals surface area contributed by atoms with Gasteiger partial charge < -0.3 is 29.1 Å². The van der Waals surface area contributed by atoms with Crippen molar-refractivity contribution < 1.29 is 42.3 Å². The zero-order chi connectivity index (χ0) is 44.3. The van der Waals surface area contributed by atoms with Crippen LogP contribution in [-0.2, 0) is 43.3 Å². The molecule has 0 radical (unpaired) electrons. The molecular weight excluding hydrogens is 1060 g/mol. The zero-order valence-electron chi connectivity index (χ0n) is 33.2. The van der Waals surface area contributed by atoms with Crippen molar-refractivity contribution in [1.82, 2.24) is 19.9 Å². The number of carbonyl (C=O) groups is 5. The lowest BCUT2D eigenvalue weighted by Gasteiger charge is -2.15. The minimum Gasteiger partial charge on any atom is -0.452 e. The Bertz CT molecular complexity index is 2690. The topological polar surface area (TPSA) is 184 Å². The van der Waals surface area contributed by atoms with E-state index in [0.29, 0.717) is 51.4 Å². The maximum absolute atomic E-state index is 15.4. The lowest BCUT2D eigenvalue weighted by Crippen LogP contribution is -2.40. The van der Waals surface area contributed by atoms with Crippen LogP contribution < -0.4 is 20.7 Å². The zero-order valence-corrected chi connectivity index (χ0v) is 39.5. The minimum atomic E-state index is -1.28. The summed E-state index contributed by atoms with van der Waals surface area (Å²) < 4.78 is 35.6. The normalized spacial score (nSPS) is 11.8. The van der Waals surface area contributed by atoms with Crippen molar-refractivity contribution in [2.45, 2.75) is 66.5 Å². The van der Waals surface area contributed by atoms with Crippen LogP contribution in [0.1, 0.15) is 68.4 Å². The number of oxazole rings is 1. The van der Waals surface area contributed by atoms with Crippen LogP contribution in [0.3, 0.4) is 0 Å². The highest BCUT2D eigenvalue weighted by molar-refractivity contribution is 9.11. The Kier molecular flexibility index (Phi) is 14.5. The number of anilines is 2. The van der Waals surface area contributed by atoms with E-state index in [1.54, 1.807) is 18.2 Å². The monoisotopic (exact) mass is 1090 g/mol. The number of hydrogen-bond acceptors (Lipinski definition) is 10. The number of nitrogens with one attached hydrogen (secondary N) is 3. The number of aryl methyl sites for hydroxylation is 1. The van der Waals surface area contributed by atoms with Gasteiger partial charge in [0.2, 0.25) is 23.6 Å². The molecule has 61 heavy (non-hydrogen) atoms. The van der Waals surface area contributed by atoms with Gasteiger partial charge in [-0.3, -0.25) is 24.5 Å². The third kappa shape index (κ3) is 10.9. The fraction of sp³-hybridized carbons (Fsp3) is 0.262. The van der Waals surface area contributed by atoms with E-state index in [-0.39, 0.29) is 43.4 Å². The minimum absolute atomic E-state index is 0.0345. The summed E-state index contributed by atoms with van der Waals surface area (Å²) in [4.78, 5) is 71.8. The number of hydrogen-bond donors (Lipinski definition) is 3. The second kappa shape index (κ2) is 19.4. The quantitative estimate of drug-likeness (QED) is 0.0701. The highest BCUT2D eigenvalue weighted by Crippen LogP contribution is 2.40. The number of ether oxygens (including phenoxy) is 2. The van der Waals surface area contributed by atoms with E-state index in [2.05, 4.69) is 89.6 Å². The fourth-order valence-corrected chi connectivity index (χ4v) is 9.03. The molecule has 6 rings (SSSR count). The van der Waals surface area contributed by atoms with Crippen molar-refractivity contribution in [3.8, 4) is 11.5 Å². The fourth-order valence-electron chi connectivity index (χ4n) is 6.21. The van der Waals surface area contributed by atoms with Gasteiger partial charge in [0.25, 0.3) is 5.91 Å². The number of aromatic nitrogens is 3. The highest BCUT2D eigenvalue weighted by atomic mass is 79.9. The largest absolute Gasteiger partial charge is 0.452 e. The van der Waals surface area contributed by atoms with Gasteiger partial charge in [0.15, 0.2) is 23.0 Å². The van der Waals surface area contributed by atoms with Gasteiger partial charge in [0.1, 0.15) is 18.0 Å². The maximum atomic E-state index is 15.4. The third-order valence-electron chi connectivity index (χ3n) is 9.00. The van der Waals surface area contributed by atoms with Crippen molar-refractivity contribution in [3.63, 3.8) is 0 Å². The molecule has 0 aliphatic carbocycles. The Morgan fingerprint density at radius 2 is 1.54 bits per heavy atom. The van der Waals surface area contributed by atoms with E-state index in [9.17, 15) is 24.0 Å². The van der Waals surface area contributed by atoms with Crippen molar-refractivity contribution in [1.29, 1.82) is 0 Å². The average Bonchev–Trinajstić information content (AvgIpc) is 3.74.